The second-order valence-electron chi connectivity index (χ2n) is 12.9. The molecule has 4 heterocycles. The van der Waals surface area contributed by atoms with E-state index in [-0.39, 0.29) is 6.61 Å². The topological polar surface area (TPSA) is 87.9 Å². The van der Waals surface area contributed by atoms with E-state index in [1.165, 1.54) is 10.4 Å². The minimum absolute atomic E-state index is 0.120. The molecule has 0 aliphatic carbocycles. The number of aliphatic hydroxyl groups is 1. The SMILES string of the molecule is COc1ccc(C(OC[C@H]2O[C@@H](n3cnc4c(-c5ccc(Cc6ccccc6)s5)ccnc43)CC2O)(c2ccccc2)c2ccc(OC)cc2)cc1. The number of methoxy groups -OCH3 is 2. The lowest BCUT2D eigenvalue weighted by atomic mass is 9.80. The van der Waals surface area contributed by atoms with E-state index in [2.05, 4.69) is 48.5 Å². The standard InChI is InChI=1S/C43H39N3O5S/c1-48-33-17-13-31(14-18-33)43(30-11-7-4-8-12-30,32-15-19-34(49-2)20-16-32)50-27-38-37(47)26-40(51-38)46-28-45-41-36(23-24-44-42(41)46)39-22-21-35(52-39)25-29-9-5-3-6-10-29/h3-24,28,37-38,40,47H,25-27H2,1-2H3/t37?,38-,40-/m1/s1. The van der Waals surface area contributed by atoms with Crippen LogP contribution in [0, 0.1) is 0 Å². The largest absolute Gasteiger partial charge is 0.497 e. The van der Waals surface area contributed by atoms with Gasteiger partial charge in [0, 0.05) is 34.4 Å². The zero-order chi connectivity index (χ0) is 35.5. The highest BCUT2D eigenvalue weighted by Gasteiger charge is 2.42. The number of nitrogens with zero attached hydrogens (tertiary/aromatic N) is 3. The van der Waals surface area contributed by atoms with Crippen LogP contribution in [0.25, 0.3) is 21.6 Å². The average Bonchev–Trinajstić information content (AvgIpc) is 3.95. The second-order valence-corrected chi connectivity index (χ2v) is 14.0. The molecule has 1 fully saturated rings. The summed E-state index contributed by atoms with van der Waals surface area (Å²) >= 11 is 1.77. The van der Waals surface area contributed by atoms with Crippen LogP contribution < -0.4 is 9.47 Å². The summed E-state index contributed by atoms with van der Waals surface area (Å²) < 4.78 is 26.6. The lowest BCUT2D eigenvalue weighted by molar-refractivity contribution is -0.0931. The van der Waals surface area contributed by atoms with E-state index in [1.807, 2.05) is 89.6 Å². The van der Waals surface area contributed by atoms with Crippen molar-refractivity contribution in [2.24, 2.45) is 0 Å². The molecule has 3 aromatic heterocycles. The lowest BCUT2D eigenvalue weighted by Crippen LogP contribution is -2.38. The van der Waals surface area contributed by atoms with Gasteiger partial charge in [-0.3, -0.25) is 4.57 Å². The molecule has 4 aromatic carbocycles. The van der Waals surface area contributed by atoms with Gasteiger partial charge in [-0.1, -0.05) is 84.9 Å². The number of pyridine rings is 1. The number of aliphatic hydroxyl groups excluding tert-OH is 1. The average molecular weight is 710 g/mol. The quantitative estimate of drug-likeness (QED) is 0.128. The van der Waals surface area contributed by atoms with Gasteiger partial charge in [0.25, 0.3) is 0 Å². The smallest absolute Gasteiger partial charge is 0.162 e. The first-order valence-corrected chi connectivity index (χ1v) is 18.1. The Morgan fingerprint density at radius 2 is 1.40 bits per heavy atom. The van der Waals surface area contributed by atoms with Crippen LogP contribution in [0.3, 0.4) is 0 Å². The molecular formula is C43H39N3O5S. The van der Waals surface area contributed by atoms with Crippen molar-refractivity contribution in [1.29, 1.82) is 0 Å². The number of rotatable bonds is 12. The molecule has 0 spiro atoms. The van der Waals surface area contributed by atoms with E-state index in [9.17, 15) is 5.11 Å². The van der Waals surface area contributed by atoms with Crippen LogP contribution in [0.15, 0.2) is 140 Å². The van der Waals surface area contributed by atoms with Crippen LogP contribution >= 0.6 is 11.3 Å². The van der Waals surface area contributed by atoms with Gasteiger partial charge < -0.3 is 24.1 Å². The van der Waals surface area contributed by atoms with Gasteiger partial charge in [-0.05, 0) is 64.7 Å². The van der Waals surface area contributed by atoms with E-state index >= 15 is 0 Å². The Kier molecular flexibility index (Phi) is 9.58. The zero-order valence-corrected chi connectivity index (χ0v) is 29.8. The molecule has 8 rings (SSSR count). The number of hydrogen-bond acceptors (Lipinski definition) is 8. The highest BCUT2D eigenvalue weighted by molar-refractivity contribution is 7.15. The second kappa shape index (κ2) is 14.7. The maximum absolute atomic E-state index is 11.4. The van der Waals surface area contributed by atoms with E-state index < -0.39 is 24.0 Å². The molecule has 1 aliphatic rings. The van der Waals surface area contributed by atoms with Crippen LogP contribution in [-0.2, 0) is 21.5 Å². The summed E-state index contributed by atoms with van der Waals surface area (Å²) in [6.07, 6.45) is 2.98. The molecule has 1 unspecified atom stereocenters. The van der Waals surface area contributed by atoms with Crippen molar-refractivity contribution in [3.8, 4) is 21.9 Å². The number of imidazole rings is 1. The predicted octanol–water partition coefficient (Wildman–Crippen LogP) is 8.42. The summed E-state index contributed by atoms with van der Waals surface area (Å²) in [6.45, 7) is 0.120. The number of aromatic nitrogens is 3. The molecule has 0 saturated carbocycles. The molecule has 0 radical (unpaired) electrons. The molecule has 52 heavy (non-hydrogen) atoms. The van der Waals surface area contributed by atoms with Crippen LogP contribution in [0.2, 0.25) is 0 Å². The van der Waals surface area contributed by atoms with Gasteiger partial charge in [-0.15, -0.1) is 11.3 Å². The predicted molar refractivity (Wildman–Crippen MR) is 203 cm³/mol. The lowest BCUT2D eigenvalue weighted by Gasteiger charge is -2.37. The molecule has 1 saturated heterocycles. The molecule has 3 atom stereocenters. The molecular weight excluding hydrogens is 671 g/mol. The Morgan fingerprint density at radius 3 is 2.06 bits per heavy atom. The number of ether oxygens (including phenoxy) is 4. The molecule has 1 aliphatic heterocycles. The van der Waals surface area contributed by atoms with Crippen LogP contribution in [-0.4, -0.2) is 52.7 Å². The van der Waals surface area contributed by atoms with E-state index in [0.29, 0.717) is 12.1 Å². The van der Waals surface area contributed by atoms with Crippen molar-refractivity contribution >= 4 is 22.5 Å². The summed E-state index contributed by atoms with van der Waals surface area (Å²) in [5.74, 6) is 1.49. The molecule has 0 amide bonds. The summed E-state index contributed by atoms with van der Waals surface area (Å²) in [5.41, 5.74) is 5.55. The third kappa shape index (κ3) is 6.48. The van der Waals surface area contributed by atoms with Gasteiger partial charge in [0.2, 0.25) is 0 Å². The molecule has 1 N–H and O–H groups in total. The third-order valence-electron chi connectivity index (χ3n) is 9.76. The summed E-state index contributed by atoms with van der Waals surface area (Å²) in [6, 6.07) is 42.8. The first-order valence-electron chi connectivity index (χ1n) is 17.3. The maximum atomic E-state index is 11.4. The Hall–Kier alpha value is -5.32. The Morgan fingerprint density at radius 1 is 0.769 bits per heavy atom. The Labute approximate surface area is 306 Å². The van der Waals surface area contributed by atoms with Crippen LogP contribution in [0.5, 0.6) is 11.5 Å². The minimum atomic E-state index is -1.03. The minimum Gasteiger partial charge on any atom is -0.497 e. The van der Waals surface area contributed by atoms with Gasteiger partial charge in [0.05, 0.1) is 33.3 Å². The van der Waals surface area contributed by atoms with Crippen molar-refractivity contribution in [3.63, 3.8) is 0 Å². The van der Waals surface area contributed by atoms with Gasteiger partial charge in [-0.25, -0.2) is 9.97 Å². The molecule has 9 heteroatoms. The van der Waals surface area contributed by atoms with Crippen molar-refractivity contribution in [2.75, 3.05) is 20.8 Å². The summed E-state index contributed by atoms with van der Waals surface area (Å²) in [7, 11) is 3.30. The fourth-order valence-corrected chi connectivity index (χ4v) is 8.14. The third-order valence-corrected chi connectivity index (χ3v) is 10.9. The highest BCUT2D eigenvalue weighted by atomic mass is 32.1. The normalized spacial score (nSPS) is 17.4. The first kappa shape index (κ1) is 33.8. The molecule has 0 bridgehead atoms. The maximum Gasteiger partial charge on any atom is 0.162 e. The first-order chi connectivity index (χ1) is 25.6. The van der Waals surface area contributed by atoms with Crippen molar-refractivity contribution in [2.45, 2.75) is 36.9 Å². The molecule has 7 aromatic rings. The van der Waals surface area contributed by atoms with Crippen molar-refractivity contribution in [3.05, 3.63) is 167 Å². The highest BCUT2D eigenvalue weighted by Crippen LogP contribution is 2.43. The van der Waals surface area contributed by atoms with E-state index in [1.54, 1.807) is 31.9 Å². The Balaban J connectivity index is 1.08. The fourth-order valence-electron chi connectivity index (χ4n) is 7.08. The van der Waals surface area contributed by atoms with Crippen LogP contribution in [0.4, 0.5) is 0 Å². The van der Waals surface area contributed by atoms with Crippen LogP contribution in [0.1, 0.15) is 39.8 Å². The fraction of sp³-hybridized carbons (Fsp3) is 0.209. The van der Waals surface area contributed by atoms with E-state index in [4.69, 9.17) is 28.9 Å². The number of thiophene rings is 1. The summed E-state index contributed by atoms with van der Waals surface area (Å²) in [4.78, 5) is 11.9. The molecule has 8 nitrogen and oxygen atoms in total. The number of benzene rings is 4. The number of hydrogen-bond donors (Lipinski definition) is 1. The van der Waals surface area contributed by atoms with Gasteiger partial charge >= 0.3 is 0 Å². The number of fused-ring (bicyclic) bond motifs is 1. The van der Waals surface area contributed by atoms with Crippen molar-refractivity contribution in [1.82, 2.24) is 14.5 Å². The summed E-state index contributed by atoms with van der Waals surface area (Å²) in [5, 5.41) is 11.4. The van der Waals surface area contributed by atoms with Crippen molar-refractivity contribution < 1.29 is 24.1 Å². The van der Waals surface area contributed by atoms with Gasteiger partial charge in [0.15, 0.2) is 5.65 Å². The molecule has 262 valence electrons. The van der Waals surface area contributed by atoms with Gasteiger partial charge in [0.1, 0.15) is 34.9 Å². The Bertz CT molecular complexity index is 2190. The zero-order valence-electron chi connectivity index (χ0n) is 29.0. The van der Waals surface area contributed by atoms with Gasteiger partial charge in [-0.2, -0.15) is 0 Å². The van der Waals surface area contributed by atoms with E-state index in [0.717, 1.165) is 50.6 Å². The monoisotopic (exact) mass is 709 g/mol.